The molecule has 0 bridgehead atoms. The third-order valence-electron chi connectivity index (χ3n) is 5.41. The van der Waals surface area contributed by atoms with Gasteiger partial charge in [0, 0.05) is 19.0 Å². The van der Waals surface area contributed by atoms with E-state index in [2.05, 4.69) is 5.32 Å². The molecule has 0 spiro atoms. The summed E-state index contributed by atoms with van der Waals surface area (Å²) in [7, 11) is 0. The number of rotatable bonds is 6. The average Bonchev–Trinajstić information content (AvgIpc) is 2.79. The summed E-state index contributed by atoms with van der Waals surface area (Å²) < 4.78 is 12.3. The minimum Gasteiger partial charge on any atom is -0.477 e. The first-order valence-electron chi connectivity index (χ1n) is 8.24. The molecule has 0 radical (unpaired) electrons. The summed E-state index contributed by atoms with van der Waals surface area (Å²) in [5.74, 6) is -1.87. The summed E-state index contributed by atoms with van der Waals surface area (Å²) in [5.41, 5.74) is 0.922. The molecule has 1 saturated carbocycles. The van der Waals surface area contributed by atoms with Crippen molar-refractivity contribution < 1.29 is 24.2 Å². The van der Waals surface area contributed by atoms with Crippen LogP contribution in [0.3, 0.4) is 0 Å². The van der Waals surface area contributed by atoms with E-state index in [0.29, 0.717) is 6.54 Å². The standard InChI is InChI=1S/C16H23FN2O4/c1-8(20)11-13-10-4-2-3-9(7-18-6-5-17)12(10)14(16(22)23)19(13)15(11)21/h8-11,13,18,20H,2-7H2,1H3,(H,22,23)/t8-,9+,10+,11-,13-/m1/s1. The number of alkyl halides is 1. The summed E-state index contributed by atoms with van der Waals surface area (Å²) in [6, 6.07) is -0.229. The summed E-state index contributed by atoms with van der Waals surface area (Å²) in [5, 5.41) is 22.5. The van der Waals surface area contributed by atoms with Crippen molar-refractivity contribution in [3.8, 4) is 0 Å². The first kappa shape index (κ1) is 16.4. The van der Waals surface area contributed by atoms with Crippen LogP contribution in [0.15, 0.2) is 11.3 Å². The van der Waals surface area contributed by atoms with Crippen molar-refractivity contribution in [2.24, 2.45) is 17.8 Å². The number of aliphatic hydroxyl groups excluding tert-OH is 1. The molecule has 2 heterocycles. The van der Waals surface area contributed by atoms with Gasteiger partial charge in [0.15, 0.2) is 0 Å². The lowest BCUT2D eigenvalue weighted by Crippen LogP contribution is -2.64. The van der Waals surface area contributed by atoms with Gasteiger partial charge in [0.25, 0.3) is 0 Å². The lowest BCUT2D eigenvalue weighted by Gasteiger charge is -2.47. The zero-order valence-corrected chi connectivity index (χ0v) is 13.2. The Balaban J connectivity index is 1.91. The molecule has 0 aromatic carbocycles. The van der Waals surface area contributed by atoms with Gasteiger partial charge >= 0.3 is 5.97 Å². The highest BCUT2D eigenvalue weighted by atomic mass is 19.1. The predicted molar refractivity (Wildman–Crippen MR) is 80.1 cm³/mol. The molecule has 1 saturated heterocycles. The van der Waals surface area contributed by atoms with Crippen LogP contribution in [0.4, 0.5) is 4.39 Å². The van der Waals surface area contributed by atoms with Crippen LogP contribution in [0.1, 0.15) is 26.2 Å². The van der Waals surface area contributed by atoms with E-state index in [1.165, 1.54) is 4.90 Å². The van der Waals surface area contributed by atoms with Crippen LogP contribution in [0.5, 0.6) is 0 Å². The highest BCUT2D eigenvalue weighted by molar-refractivity contribution is 6.00. The molecule has 0 aromatic rings. The van der Waals surface area contributed by atoms with E-state index in [9.17, 15) is 24.2 Å². The molecule has 23 heavy (non-hydrogen) atoms. The number of nitrogens with one attached hydrogen (secondary N) is 1. The number of halogens is 1. The lowest BCUT2D eigenvalue weighted by molar-refractivity contribution is -0.163. The molecule has 0 unspecified atom stereocenters. The summed E-state index contributed by atoms with van der Waals surface area (Å²) in [4.78, 5) is 25.4. The fraction of sp³-hybridized carbons (Fsp3) is 0.750. The predicted octanol–water partition coefficient (Wildman–Crippen LogP) is 0.522. The van der Waals surface area contributed by atoms with E-state index in [0.717, 1.165) is 24.8 Å². The number of carbonyl (C=O) groups is 2. The van der Waals surface area contributed by atoms with Crippen molar-refractivity contribution in [3.63, 3.8) is 0 Å². The Hall–Kier alpha value is -1.47. The molecule has 3 N–H and O–H groups in total. The molecule has 128 valence electrons. The lowest BCUT2D eigenvalue weighted by atomic mass is 9.69. The number of carbonyl (C=O) groups excluding carboxylic acids is 1. The molecular weight excluding hydrogens is 303 g/mol. The second kappa shape index (κ2) is 6.20. The highest BCUT2D eigenvalue weighted by Gasteiger charge is 2.62. The smallest absolute Gasteiger partial charge is 0.352 e. The maximum Gasteiger partial charge on any atom is 0.352 e. The first-order chi connectivity index (χ1) is 11.0. The van der Waals surface area contributed by atoms with Crippen LogP contribution < -0.4 is 5.32 Å². The minimum atomic E-state index is -1.08. The molecule has 2 fully saturated rings. The molecule has 2 aliphatic heterocycles. The SMILES string of the molecule is C[C@@H](O)[C@H]1C(=O)N2C(C(=O)O)=C3[C@H](CNCCF)CCC[C@@H]3[C@H]12. The fourth-order valence-corrected chi connectivity index (χ4v) is 4.56. The van der Waals surface area contributed by atoms with Gasteiger partial charge in [-0.05, 0) is 31.3 Å². The second-order valence-electron chi connectivity index (χ2n) is 6.70. The number of β-lactam (4-membered cyclic amide) rings is 1. The van der Waals surface area contributed by atoms with Gasteiger partial charge in [0.2, 0.25) is 5.91 Å². The summed E-state index contributed by atoms with van der Waals surface area (Å²) >= 11 is 0. The van der Waals surface area contributed by atoms with Crippen molar-refractivity contribution in [3.05, 3.63) is 11.3 Å². The van der Waals surface area contributed by atoms with Crippen LogP contribution in [0.2, 0.25) is 0 Å². The monoisotopic (exact) mass is 326 g/mol. The minimum absolute atomic E-state index is 0.00401. The van der Waals surface area contributed by atoms with Crippen molar-refractivity contribution >= 4 is 11.9 Å². The van der Waals surface area contributed by atoms with Crippen molar-refractivity contribution in [1.29, 1.82) is 0 Å². The number of amides is 1. The molecule has 1 aliphatic carbocycles. The van der Waals surface area contributed by atoms with Gasteiger partial charge in [0.1, 0.15) is 12.4 Å². The van der Waals surface area contributed by atoms with E-state index in [4.69, 9.17) is 0 Å². The third-order valence-corrected chi connectivity index (χ3v) is 5.41. The fourth-order valence-electron chi connectivity index (χ4n) is 4.56. The quantitative estimate of drug-likeness (QED) is 0.489. The van der Waals surface area contributed by atoms with E-state index in [1.807, 2.05) is 0 Å². The topological polar surface area (TPSA) is 89.9 Å². The Morgan fingerprint density at radius 1 is 1.48 bits per heavy atom. The molecule has 0 aromatic heterocycles. The number of carboxylic acid groups (broad SMARTS) is 1. The van der Waals surface area contributed by atoms with Crippen molar-refractivity contribution in [1.82, 2.24) is 10.2 Å². The molecular formula is C16H23FN2O4. The van der Waals surface area contributed by atoms with Crippen molar-refractivity contribution in [2.75, 3.05) is 19.8 Å². The van der Waals surface area contributed by atoms with Crippen LogP contribution in [-0.4, -0.2) is 58.9 Å². The van der Waals surface area contributed by atoms with Crippen LogP contribution in [-0.2, 0) is 9.59 Å². The summed E-state index contributed by atoms with van der Waals surface area (Å²) in [6.07, 6.45) is 1.86. The maximum atomic E-state index is 12.3. The van der Waals surface area contributed by atoms with Crippen molar-refractivity contribution in [2.45, 2.75) is 38.3 Å². The Morgan fingerprint density at radius 2 is 2.22 bits per heavy atom. The molecule has 5 atom stereocenters. The number of aliphatic hydroxyl groups is 1. The maximum absolute atomic E-state index is 12.3. The molecule has 7 heteroatoms. The molecule has 3 aliphatic rings. The van der Waals surface area contributed by atoms with Crippen LogP contribution >= 0.6 is 0 Å². The van der Waals surface area contributed by atoms with Gasteiger partial charge in [-0.25, -0.2) is 9.18 Å². The molecule has 3 rings (SSSR count). The first-order valence-corrected chi connectivity index (χ1v) is 8.24. The van der Waals surface area contributed by atoms with E-state index >= 15 is 0 Å². The molecule has 1 amide bonds. The van der Waals surface area contributed by atoms with Crippen LogP contribution in [0, 0.1) is 17.8 Å². The van der Waals surface area contributed by atoms with E-state index in [-0.39, 0.29) is 36.0 Å². The summed E-state index contributed by atoms with van der Waals surface area (Å²) in [6.45, 7) is 1.90. The van der Waals surface area contributed by atoms with Gasteiger partial charge in [0.05, 0.1) is 18.1 Å². The Bertz CT molecular complexity index is 548. The van der Waals surface area contributed by atoms with Gasteiger partial charge in [-0.15, -0.1) is 0 Å². The zero-order chi connectivity index (χ0) is 16.7. The van der Waals surface area contributed by atoms with E-state index < -0.39 is 24.7 Å². The normalized spacial score (nSPS) is 34.0. The van der Waals surface area contributed by atoms with Gasteiger partial charge in [-0.2, -0.15) is 0 Å². The zero-order valence-electron chi connectivity index (χ0n) is 13.2. The largest absolute Gasteiger partial charge is 0.477 e. The number of carboxylic acids is 1. The third kappa shape index (κ3) is 2.46. The number of fused-ring (bicyclic) bond motifs is 3. The Morgan fingerprint density at radius 3 is 2.83 bits per heavy atom. The van der Waals surface area contributed by atoms with E-state index in [1.54, 1.807) is 6.92 Å². The average molecular weight is 326 g/mol. The van der Waals surface area contributed by atoms with Crippen LogP contribution in [0.25, 0.3) is 0 Å². The van der Waals surface area contributed by atoms with Gasteiger partial charge in [-0.3, -0.25) is 4.79 Å². The Kier molecular flexibility index (Phi) is 4.42. The number of aliphatic carboxylic acids is 1. The number of hydrogen-bond acceptors (Lipinski definition) is 4. The Labute approximate surface area is 134 Å². The highest BCUT2D eigenvalue weighted by Crippen LogP contribution is 2.53. The number of nitrogens with zero attached hydrogens (tertiary/aromatic N) is 1. The number of hydrogen-bond donors (Lipinski definition) is 3. The second-order valence-corrected chi connectivity index (χ2v) is 6.70. The van der Waals surface area contributed by atoms with Gasteiger partial charge < -0.3 is 20.4 Å². The molecule has 6 nitrogen and oxygen atoms in total. The van der Waals surface area contributed by atoms with Gasteiger partial charge in [-0.1, -0.05) is 6.42 Å².